The Morgan fingerprint density at radius 2 is 1.38 bits per heavy atom. The lowest BCUT2D eigenvalue weighted by molar-refractivity contribution is 1.86. The van der Waals surface area contributed by atoms with E-state index < -0.39 is 8.07 Å². The molecule has 0 saturated carbocycles. The van der Waals surface area contributed by atoms with E-state index in [0.717, 1.165) is 0 Å². The van der Waals surface area contributed by atoms with Gasteiger partial charge in [-0.25, -0.2) is 0 Å². The maximum absolute atomic E-state index is 2.42. The van der Waals surface area contributed by atoms with Gasteiger partial charge >= 0.3 is 0 Å². The highest BCUT2D eigenvalue weighted by Gasteiger charge is 2.27. The molecule has 0 aromatic carbocycles. The topological polar surface area (TPSA) is 0 Å². The minimum atomic E-state index is -1.31. The molecular formula is C10H12S2Si. The molecule has 0 aliphatic rings. The molecule has 0 fully saturated rings. The van der Waals surface area contributed by atoms with E-state index in [1.165, 1.54) is 0 Å². The number of hydrogen-bond donors (Lipinski definition) is 0. The summed E-state index contributed by atoms with van der Waals surface area (Å²) in [6.45, 7) is 4.84. The van der Waals surface area contributed by atoms with Crippen molar-refractivity contribution in [3.63, 3.8) is 0 Å². The molecule has 0 aliphatic heterocycles. The highest BCUT2D eigenvalue weighted by Crippen LogP contribution is 2.11. The first-order valence-corrected chi connectivity index (χ1v) is 9.05. The summed E-state index contributed by atoms with van der Waals surface area (Å²) in [6, 6.07) is 8.86. The van der Waals surface area contributed by atoms with Crippen molar-refractivity contribution in [2.75, 3.05) is 0 Å². The summed E-state index contributed by atoms with van der Waals surface area (Å²) in [5.41, 5.74) is 0. The van der Waals surface area contributed by atoms with E-state index in [2.05, 4.69) is 48.1 Å². The average molecular weight is 224 g/mol. The second-order valence-corrected chi connectivity index (χ2v) is 10.5. The molecule has 2 aromatic rings. The molecule has 0 bridgehead atoms. The van der Waals surface area contributed by atoms with Crippen molar-refractivity contribution in [2.24, 2.45) is 0 Å². The van der Waals surface area contributed by atoms with E-state index in [-0.39, 0.29) is 0 Å². The minimum absolute atomic E-state index is 1.31. The van der Waals surface area contributed by atoms with E-state index in [1.54, 1.807) is 9.00 Å². The van der Waals surface area contributed by atoms with Crippen LogP contribution in [0.5, 0.6) is 0 Å². The summed E-state index contributed by atoms with van der Waals surface area (Å²) in [7, 11) is -1.31. The van der Waals surface area contributed by atoms with Gasteiger partial charge in [-0.1, -0.05) is 37.4 Å². The van der Waals surface area contributed by atoms with Crippen molar-refractivity contribution < 1.29 is 0 Å². The third-order valence-corrected chi connectivity index (χ3v) is 10.2. The van der Waals surface area contributed by atoms with Crippen molar-refractivity contribution in [3.8, 4) is 0 Å². The monoisotopic (exact) mass is 224 g/mol. The summed E-state index contributed by atoms with van der Waals surface area (Å²) in [5, 5.41) is 4.36. The van der Waals surface area contributed by atoms with Gasteiger partial charge in [0.2, 0.25) is 0 Å². The van der Waals surface area contributed by atoms with Gasteiger partial charge in [-0.2, -0.15) is 22.7 Å². The van der Waals surface area contributed by atoms with Crippen LogP contribution in [0.1, 0.15) is 0 Å². The Balaban J connectivity index is 2.42. The Hall–Kier alpha value is -0.383. The van der Waals surface area contributed by atoms with Gasteiger partial charge in [0.1, 0.15) is 8.07 Å². The van der Waals surface area contributed by atoms with Crippen LogP contribution in [0.3, 0.4) is 0 Å². The molecule has 3 heteroatoms. The normalized spacial score (nSPS) is 11.8. The van der Waals surface area contributed by atoms with Gasteiger partial charge in [0, 0.05) is 0 Å². The zero-order valence-electron chi connectivity index (χ0n) is 7.78. The van der Waals surface area contributed by atoms with E-state index in [4.69, 9.17) is 0 Å². The summed E-state index contributed by atoms with van der Waals surface area (Å²) in [6.07, 6.45) is 0. The maximum atomic E-state index is 2.42. The Labute approximate surface area is 87.9 Å². The SMILES string of the molecule is C[Si](C)(c1cccs1)c1cccs1. The van der Waals surface area contributed by atoms with Gasteiger partial charge in [-0.3, -0.25) is 0 Å². The van der Waals surface area contributed by atoms with Crippen LogP contribution in [-0.2, 0) is 0 Å². The first-order valence-electron chi connectivity index (χ1n) is 4.29. The molecule has 13 heavy (non-hydrogen) atoms. The van der Waals surface area contributed by atoms with E-state index >= 15 is 0 Å². The lowest BCUT2D eigenvalue weighted by Gasteiger charge is -2.18. The lowest BCUT2D eigenvalue weighted by Crippen LogP contribution is -2.49. The standard InChI is InChI=1S/C10H12S2Si/c1-13(2,9-5-3-7-11-9)10-6-4-8-12-10/h3-8H,1-2H3. The quantitative estimate of drug-likeness (QED) is 0.688. The average Bonchev–Trinajstić information content (AvgIpc) is 2.78. The van der Waals surface area contributed by atoms with Gasteiger partial charge < -0.3 is 0 Å². The predicted molar refractivity (Wildman–Crippen MR) is 65.4 cm³/mol. The second-order valence-electron chi connectivity index (χ2n) is 3.58. The van der Waals surface area contributed by atoms with Gasteiger partial charge in [-0.05, 0) is 19.8 Å². The second kappa shape index (κ2) is 3.40. The predicted octanol–water partition coefficient (Wildman–Crippen LogP) is 2.63. The number of hydrogen-bond acceptors (Lipinski definition) is 2. The van der Waals surface area contributed by atoms with Crippen LogP contribution in [0.4, 0.5) is 0 Å². The van der Waals surface area contributed by atoms with Crippen LogP contribution in [0.25, 0.3) is 0 Å². The Morgan fingerprint density at radius 1 is 0.923 bits per heavy atom. The van der Waals surface area contributed by atoms with Crippen LogP contribution in [-0.4, -0.2) is 8.07 Å². The third kappa shape index (κ3) is 1.64. The van der Waals surface area contributed by atoms with Crippen molar-refractivity contribution in [1.82, 2.24) is 0 Å². The van der Waals surface area contributed by atoms with Gasteiger partial charge in [0.15, 0.2) is 0 Å². The highest BCUT2D eigenvalue weighted by atomic mass is 32.1. The molecule has 0 N–H and O–H groups in total. The fourth-order valence-electron chi connectivity index (χ4n) is 1.39. The zero-order valence-corrected chi connectivity index (χ0v) is 10.4. The van der Waals surface area contributed by atoms with E-state index in [1.807, 2.05) is 22.7 Å². The van der Waals surface area contributed by atoms with Crippen LogP contribution < -0.4 is 9.00 Å². The first kappa shape index (κ1) is 9.18. The van der Waals surface area contributed by atoms with E-state index in [9.17, 15) is 0 Å². The maximum Gasteiger partial charge on any atom is 0.137 e. The Kier molecular flexibility index (Phi) is 2.40. The highest BCUT2D eigenvalue weighted by molar-refractivity contribution is 7.35. The van der Waals surface area contributed by atoms with Crippen molar-refractivity contribution in [1.29, 1.82) is 0 Å². The molecule has 0 saturated heterocycles. The third-order valence-electron chi connectivity index (χ3n) is 2.27. The van der Waals surface area contributed by atoms with Gasteiger partial charge in [0.05, 0.1) is 0 Å². The molecule has 0 amide bonds. The molecular weight excluding hydrogens is 212 g/mol. The van der Waals surface area contributed by atoms with Crippen molar-refractivity contribution >= 4 is 39.7 Å². The molecule has 0 unspecified atom stereocenters. The molecule has 2 aromatic heterocycles. The summed E-state index contributed by atoms with van der Waals surface area (Å²) < 4.78 is 3.16. The molecule has 0 radical (unpaired) electrons. The van der Waals surface area contributed by atoms with Gasteiger partial charge in [-0.15, -0.1) is 0 Å². The minimum Gasteiger partial charge on any atom is -0.153 e. The van der Waals surface area contributed by atoms with Crippen LogP contribution >= 0.6 is 22.7 Å². The smallest absolute Gasteiger partial charge is 0.137 e. The van der Waals surface area contributed by atoms with E-state index in [0.29, 0.717) is 0 Å². The number of rotatable bonds is 2. The lowest BCUT2D eigenvalue weighted by atomic mass is 10.7. The van der Waals surface area contributed by atoms with Crippen LogP contribution in [0.15, 0.2) is 35.0 Å². The van der Waals surface area contributed by atoms with Crippen LogP contribution in [0.2, 0.25) is 13.1 Å². The Morgan fingerprint density at radius 3 is 1.69 bits per heavy atom. The summed E-state index contributed by atoms with van der Waals surface area (Å²) in [5.74, 6) is 0. The largest absolute Gasteiger partial charge is 0.153 e. The molecule has 68 valence electrons. The van der Waals surface area contributed by atoms with Crippen molar-refractivity contribution in [2.45, 2.75) is 13.1 Å². The molecule has 0 atom stereocenters. The van der Waals surface area contributed by atoms with Crippen LogP contribution in [0, 0.1) is 0 Å². The summed E-state index contributed by atoms with van der Waals surface area (Å²) in [4.78, 5) is 0. The molecule has 0 aliphatic carbocycles. The van der Waals surface area contributed by atoms with Gasteiger partial charge in [0.25, 0.3) is 0 Å². The molecule has 2 rings (SSSR count). The summed E-state index contributed by atoms with van der Waals surface area (Å²) >= 11 is 3.79. The first-order chi connectivity index (χ1) is 6.21. The van der Waals surface area contributed by atoms with Crippen molar-refractivity contribution in [3.05, 3.63) is 35.0 Å². The molecule has 0 nitrogen and oxygen atoms in total. The fourth-order valence-corrected chi connectivity index (χ4v) is 7.20. The fraction of sp³-hybridized carbons (Fsp3) is 0.200. The molecule has 0 spiro atoms. The zero-order chi connectivity index (χ0) is 9.31. The Bertz CT molecular complexity index is 323. The number of thiophene rings is 2. The molecule has 2 heterocycles.